The number of nitrogens with zero attached hydrogens (tertiary/aromatic N) is 1. The zero-order chi connectivity index (χ0) is 16.8. The van der Waals surface area contributed by atoms with Gasteiger partial charge in [0, 0.05) is 25.0 Å². The number of hydrogen-bond donors (Lipinski definition) is 2. The molecule has 5 heteroatoms. The first-order valence-electron chi connectivity index (χ1n) is 8.30. The second-order valence-corrected chi connectivity index (χ2v) is 5.77. The van der Waals surface area contributed by atoms with Gasteiger partial charge in [0.2, 0.25) is 5.43 Å². The summed E-state index contributed by atoms with van der Waals surface area (Å²) in [7, 11) is 0. The predicted octanol–water partition coefficient (Wildman–Crippen LogP) is 2.91. The minimum absolute atomic E-state index is 0.167. The fourth-order valence-corrected chi connectivity index (χ4v) is 2.72. The van der Waals surface area contributed by atoms with Gasteiger partial charge in [-0.3, -0.25) is 9.59 Å². The van der Waals surface area contributed by atoms with Crippen molar-refractivity contribution in [3.8, 4) is 0 Å². The number of aryl methyl sites for hydroxylation is 1. The molecule has 0 saturated carbocycles. The van der Waals surface area contributed by atoms with Crippen LogP contribution < -0.4 is 16.5 Å². The summed E-state index contributed by atoms with van der Waals surface area (Å²) < 4.78 is 1.94. The van der Waals surface area contributed by atoms with Crippen molar-refractivity contribution in [2.75, 3.05) is 12.3 Å². The lowest BCUT2D eigenvalue weighted by Gasteiger charge is -2.14. The summed E-state index contributed by atoms with van der Waals surface area (Å²) in [5.41, 5.74) is 7.05. The van der Waals surface area contributed by atoms with Crippen molar-refractivity contribution >= 4 is 22.5 Å². The summed E-state index contributed by atoms with van der Waals surface area (Å²) in [5.74, 6) is -0.318. The molecule has 0 spiro atoms. The molecule has 0 atom stereocenters. The first-order chi connectivity index (χ1) is 11.1. The van der Waals surface area contributed by atoms with Crippen LogP contribution in [0.2, 0.25) is 0 Å². The Bertz CT molecular complexity index is 750. The number of nitrogens with one attached hydrogen (secondary N) is 1. The van der Waals surface area contributed by atoms with Crippen molar-refractivity contribution in [2.45, 2.75) is 46.1 Å². The van der Waals surface area contributed by atoms with E-state index >= 15 is 0 Å². The van der Waals surface area contributed by atoms with E-state index in [4.69, 9.17) is 5.73 Å². The van der Waals surface area contributed by atoms with Gasteiger partial charge in [-0.2, -0.15) is 0 Å². The first kappa shape index (κ1) is 17.1. The number of amides is 1. The molecule has 1 aromatic carbocycles. The van der Waals surface area contributed by atoms with E-state index in [2.05, 4.69) is 19.2 Å². The molecule has 0 saturated heterocycles. The zero-order valence-corrected chi connectivity index (χ0v) is 13.9. The normalized spacial score (nSPS) is 10.9. The van der Waals surface area contributed by atoms with E-state index in [0.29, 0.717) is 17.6 Å². The molecule has 5 nitrogen and oxygen atoms in total. The van der Waals surface area contributed by atoms with E-state index in [1.54, 1.807) is 12.3 Å². The number of aromatic nitrogens is 1. The number of carbonyl (C=O) groups excluding carboxylic acids is 1. The molecule has 0 unspecified atom stereocenters. The highest BCUT2D eigenvalue weighted by atomic mass is 16.2. The highest BCUT2D eigenvalue weighted by Gasteiger charge is 2.16. The van der Waals surface area contributed by atoms with E-state index in [9.17, 15) is 9.59 Å². The number of hydrogen-bond acceptors (Lipinski definition) is 3. The average molecular weight is 315 g/mol. The Morgan fingerprint density at radius 3 is 2.70 bits per heavy atom. The van der Waals surface area contributed by atoms with Crippen LogP contribution in [0, 0.1) is 0 Å². The van der Waals surface area contributed by atoms with Crippen LogP contribution in [0.3, 0.4) is 0 Å². The minimum Gasteiger partial charge on any atom is -0.398 e. The van der Waals surface area contributed by atoms with Crippen molar-refractivity contribution < 1.29 is 4.79 Å². The predicted molar refractivity (Wildman–Crippen MR) is 94.8 cm³/mol. The Balaban J connectivity index is 2.44. The number of nitrogens with two attached hydrogens (primary N) is 1. The van der Waals surface area contributed by atoms with Crippen molar-refractivity contribution in [3.05, 3.63) is 40.2 Å². The van der Waals surface area contributed by atoms with Crippen molar-refractivity contribution in [1.82, 2.24) is 9.88 Å². The number of unbranched alkanes of at least 4 members (excludes halogenated alkanes) is 2. The van der Waals surface area contributed by atoms with Crippen LogP contribution in [0.15, 0.2) is 29.2 Å². The monoisotopic (exact) mass is 315 g/mol. The van der Waals surface area contributed by atoms with Crippen LogP contribution in [0.5, 0.6) is 0 Å². The van der Waals surface area contributed by atoms with E-state index in [1.165, 1.54) is 0 Å². The molecule has 0 radical (unpaired) electrons. The molecular weight excluding hydrogens is 290 g/mol. The zero-order valence-electron chi connectivity index (χ0n) is 13.9. The Kier molecular flexibility index (Phi) is 5.79. The van der Waals surface area contributed by atoms with Gasteiger partial charge in [0.05, 0.1) is 10.9 Å². The molecule has 2 rings (SSSR count). The third-order valence-corrected chi connectivity index (χ3v) is 3.92. The summed E-state index contributed by atoms with van der Waals surface area (Å²) in [4.78, 5) is 25.1. The lowest BCUT2D eigenvalue weighted by molar-refractivity contribution is 0.0951. The van der Waals surface area contributed by atoms with Crippen LogP contribution in [-0.4, -0.2) is 17.0 Å². The highest BCUT2D eigenvalue weighted by molar-refractivity contribution is 6.00. The SMILES string of the molecule is CCCCCNC(=O)c1cn(CCC)c2cccc(N)c2c1=O. The highest BCUT2D eigenvalue weighted by Crippen LogP contribution is 2.18. The van der Waals surface area contributed by atoms with Crippen molar-refractivity contribution in [3.63, 3.8) is 0 Å². The van der Waals surface area contributed by atoms with Crippen molar-refractivity contribution in [1.29, 1.82) is 0 Å². The van der Waals surface area contributed by atoms with Gasteiger partial charge in [-0.05, 0) is 25.0 Å². The largest absolute Gasteiger partial charge is 0.398 e. The molecule has 2 aromatic rings. The average Bonchev–Trinajstić information content (AvgIpc) is 2.54. The summed E-state index contributed by atoms with van der Waals surface area (Å²) >= 11 is 0. The van der Waals surface area contributed by atoms with Crippen LogP contribution in [-0.2, 0) is 6.54 Å². The smallest absolute Gasteiger partial charge is 0.256 e. The molecule has 1 aromatic heterocycles. The quantitative estimate of drug-likeness (QED) is 0.609. The Morgan fingerprint density at radius 2 is 2.00 bits per heavy atom. The molecule has 0 bridgehead atoms. The number of nitrogen functional groups attached to an aromatic ring is 1. The summed E-state index contributed by atoms with van der Waals surface area (Å²) in [6, 6.07) is 5.39. The van der Waals surface area contributed by atoms with Gasteiger partial charge in [-0.1, -0.05) is 32.8 Å². The Labute approximate surface area is 136 Å². The van der Waals surface area contributed by atoms with E-state index in [-0.39, 0.29) is 16.9 Å². The van der Waals surface area contributed by atoms with E-state index in [1.807, 2.05) is 16.7 Å². The van der Waals surface area contributed by atoms with Gasteiger partial charge in [0.1, 0.15) is 5.56 Å². The maximum absolute atomic E-state index is 12.7. The molecule has 0 fully saturated rings. The molecule has 23 heavy (non-hydrogen) atoms. The van der Waals surface area contributed by atoms with E-state index in [0.717, 1.165) is 37.7 Å². The molecule has 0 aliphatic carbocycles. The molecule has 124 valence electrons. The fraction of sp³-hybridized carbons (Fsp3) is 0.444. The van der Waals surface area contributed by atoms with Gasteiger partial charge < -0.3 is 15.6 Å². The maximum atomic E-state index is 12.7. The first-order valence-corrected chi connectivity index (χ1v) is 8.30. The van der Waals surface area contributed by atoms with Crippen molar-refractivity contribution in [2.24, 2.45) is 0 Å². The van der Waals surface area contributed by atoms with Gasteiger partial charge in [0.15, 0.2) is 0 Å². The second-order valence-electron chi connectivity index (χ2n) is 5.77. The fourth-order valence-electron chi connectivity index (χ4n) is 2.72. The number of pyridine rings is 1. The molecular formula is C18H25N3O2. The lowest BCUT2D eigenvalue weighted by Crippen LogP contribution is -2.30. The topological polar surface area (TPSA) is 77.1 Å². The molecule has 0 aliphatic heterocycles. The molecule has 0 aliphatic rings. The van der Waals surface area contributed by atoms with Gasteiger partial charge in [-0.25, -0.2) is 0 Å². The third kappa shape index (κ3) is 3.73. The van der Waals surface area contributed by atoms with E-state index < -0.39 is 0 Å². The van der Waals surface area contributed by atoms with Crippen LogP contribution >= 0.6 is 0 Å². The number of carbonyl (C=O) groups is 1. The van der Waals surface area contributed by atoms with Crippen LogP contribution in [0.1, 0.15) is 49.9 Å². The van der Waals surface area contributed by atoms with Gasteiger partial charge in [0.25, 0.3) is 5.91 Å². The maximum Gasteiger partial charge on any atom is 0.256 e. The van der Waals surface area contributed by atoms with Gasteiger partial charge in [-0.15, -0.1) is 0 Å². The number of anilines is 1. The standard InChI is InChI=1S/C18H25N3O2/c1-3-5-6-10-20-18(23)13-12-21(11-4-2)15-9-7-8-14(19)16(15)17(13)22/h7-9,12H,3-6,10-11,19H2,1-2H3,(H,20,23). The number of benzene rings is 1. The van der Waals surface area contributed by atoms with Crippen LogP contribution in [0.25, 0.3) is 10.9 Å². The van der Waals surface area contributed by atoms with Gasteiger partial charge >= 0.3 is 0 Å². The molecule has 1 amide bonds. The Morgan fingerprint density at radius 1 is 1.22 bits per heavy atom. The minimum atomic E-state index is -0.318. The number of fused-ring (bicyclic) bond motifs is 1. The number of rotatable bonds is 7. The summed E-state index contributed by atoms with van der Waals surface area (Å²) in [6.07, 6.45) is 5.63. The molecule has 1 heterocycles. The summed E-state index contributed by atoms with van der Waals surface area (Å²) in [6.45, 7) is 5.48. The molecule has 3 N–H and O–H groups in total. The third-order valence-electron chi connectivity index (χ3n) is 3.92. The Hall–Kier alpha value is -2.30. The van der Waals surface area contributed by atoms with Crippen LogP contribution in [0.4, 0.5) is 5.69 Å². The summed E-state index contributed by atoms with van der Waals surface area (Å²) in [5, 5.41) is 3.27. The second kappa shape index (κ2) is 7.81. The lowest BCUT2D eigenvalue weighted by atomic mass is 10.1.